The normalized spacial score (nSPS) is 18.0. The number of hydrogen-bond donors (Lipinski definition) is 0. The van der Waals surface area contributed by atoms with Crippen LogP contribution in [0.3, 0.4) is 0 Å². The Labute approximate surface area is 132 Å². The molecule has 0 aliphatic carbocycles. The highest BCUT2D eigenvalue weighted by atomic mass is 32.2. The van der Waals surface area contributed by atoms with Gasteiger partial charge in [0.2, 0.25) is 0 Å². The van der Waals surface area contributed by atoms with Crippen LogP contribution in [-0.2, 0) is 14.7 Å². The molecule has 1 aromatic carbocycles. The zero-order valence-electron chi connectivity index (χ0n) is 11.8. The van der Waals surface area contributed by atoms with E-state index in [1.165, 1.54) is 0 Å². The number of carbonyl (C=O) groups is 1. The van der Waals surface area contributed by atoms with Crippen LogP contribution in [0.4, 0.5) is 0 Å². The molecule has 0 saturated carbocycles. The first-order valence-electron chi connectivity index (χ1n) is 6.63. The second kappa shape index (κ2) is 5.66. The maximum Gasteiger partial charge on any atom is 0.365 e. The van der Waals surface area contributed by atoms with Crippen molar-refractivity contribution in [1.82, 2.24) is 0 Å². The summed E-state index contributed by atoms with van der Waals surface area (Å²) < 4.78 is 24.1. The highest BCUT2D eigenvalue weighted by Crippen LogP contribution is 2.30. The molecule has 1 aromatic heterocycles. The highest BCUT2D eigenvalue weighted by Gasteiger charge is 2.29. The maximum atomic E-state index is 12.0. The Morgan fingerprint density at radius 2 is 2.14 bits per heavy atom. The number of oxime groups is 1. The minimum Gasteiger partial charge on any atom is -0.313 e. The lowest BCUT2D eigenvalue weighted by Gasteiger charge is -2.13. The Bertz CT molecular complexity index is 865. The van der Waals surface area contributed by atoms with Crippen LogP contribution in [0.2, 0.25) is 0 Å². The van der Waals surface area contributed by atoms with Crippen LogP contribution in [0, 0.1) is 6.92 Å². The van der Waals surface area contributed by atoms with Crippen molar-refractivity contribution in [3.05, 3.63) is 52.4 Å². The Hall–Kier alpha value is -1.99. The number of fused-ring (bicyclic) bond motifs is 1. The smallest absolute Gasteiger partial charge is 0.313 e. The molecule has 0 atom stereocenters. The second-order valence-electron chi connectivity index (χ2n) is 4.98. The van der Waals surface area contributed by atoms with Crippen LogP contribution >= 0.6 is 11.3 Å². The molecule has 3 rings (SSSR count). The molecule has 0 radical (unpaired) electrons. The molecule has 5 nitrogen and oxygen atoms in total. The first kappa shape index (κ1) is 14.9. The molecule has 1 aliphatic rings. The fraction of sp³-hybridized carbons (Fsp3) is 0.200. The van der Waals surface area contributed by atoms with E-state index in [9.17, 15) is 13.2 Å². The van der Waals surface area contributed by atoms with E-state index in [2.05, 4.69) is 5.16 Å². The van der Waals surface area contributed by atoms with Crippen molar-refractivity contribution in [3.63, 3.8) is 0 Å². The van der Waals surface area contributed by atoms with E-state index in [4.69, 9.17) is 4.84 Å². The summed E-state index contributed by atoms with van der Waals surface area (Å²) in [4.78, 5) is 16.9. The van der Waals surface area contributed by atoms with Crippen LogP contribution < -0.4 is 0 Å². The van der Waals surface area contributed by atoms with Gasteiger partial charge >= 0.3 is 5.97 Å². The van der Waals surface area contributed by atoms with E-state index in [0.29, 0.717) is 21.0 Å². The second-order valence-corrected chi connectivity index (χ2v) is 8.20. The molecule has 0 N–H and O–H groups in total. The van der Waals surface area contributed by atoms with E-state index in [1.807, 2.05) is 13.0 Å². The van der Waals surface area contributed by atoms with E-state index in [1.54, 1.807) is 29.6 Å². The van der Waals surface area contributed by atoms with Gasteiger partial charge in [-0.05, 0) is 30.5 Å². The van der Waals surface area contributed by atoms with Crippen LogP contribution in [0.1, 0.15) is 27.9 Å². The molecule has 0 unspecified atom stereocenters. The molecule has 2 heterocycles. The quantitative estimate of drug-likeness (QED) is 0.625. The number of thiophene rings is 1. The number of aryl methyl sites for hydroxylation is 1. The summed E-state index contributed by atoms with van der Waals surface area (Å²) in [5.41, 5.74) is 2.39. The molecule has 7 heteroatoms. The molecule has 2 aromatic rings. The van der Waals surface area contributed by atoms with Gasteiger partial charge in [0.05, 0.1) is 17.0 Å². The fourth-order valence-corrected chi connectivity index (χ4v) is 5.04. The summed E-state index contributed by atoms with van der Waals surface area (Å²) in [6.07, 6.45) is 0.243. The van der Waals surface area contributed by atoms with Crippen molar-refractivity contribution in [1.29, 1.82) is 0 Å². The van der Waals surface area contributed by atoms with Gasteiger partial charge in [-0.25, -0.2) is 13.2 Å². The lowest BCUT2D eigenvalue weighted by molar-refractivity contribution is 0.0515. The number of carbonyl (C=O) groups excluding carboxylic acids is 1. The Kier molecular flexibility index (Phi) is 3.84. The topological polar surface area (TPSA) is 72.8 Å². The van der Waals surface area contributed by atoms with Gasteiger partial charge in [-0.15, -0.1) is 11.3 Å². The van der Waals surface area contributed by atoms with Gasteiger partial charge in [-0.3, -0.25) is 0 Å². The predicted octanol–water partition coefficient (Wildman–Crippen LogP) is 2.80. The Morgan fingerprint density at radius 1 is 1.32 bits per heavy atom. The minimum absolute atomic E-state index is 0.0126. The Morgan fingerprint density at radius 3 is 2.91 bits per heavy atom. The molecular weight excluding hydrogens is 322 g/mol. The van der Waals surface area contributed by atoms with E-state index >= 15 is 0 Å². The van der Waals surface area contributed by atoms with Crippen molar-refractivity contribution in [2.24, 2.45) is 5.16 Å². The van der Waals surface area contributed by atoms with Gasteiger partial charge in [0.1, 0.15) is 4.21 Å². The van der Waals surface area contributed by atoms with Crippen molar-refractivity contribution in [2.45, 2.75) is 17.6 Å². The summed E-state index contributed by atoms with van der Waals surface area (Å²) >= 11 is 1.16. The van der Waals surface area contributed by atoms with E-state index in [0.717, 1.165) is 16.9 Å². The summed E-state index contributed by atoms with van der Waals surface area (Å²) in [5, 5.41) is 5.58. The summed E-state index contributed by atoms with van der Waals surface area (Å²) in [6.45, 7) is 1.88. The number of rotatable bonds is 2. The number of sulfone groups is 1. The van der Waals surface area contributed by atoms with Crippen molar-refractivity contribution in [3.8, 4) is 0 Å². The molecule has 0 saturated heterocycles. The molecule has 114 valence electrons. The fourth-order valence-electron chi connectivity index (χ4n) is 2.22. The highest BCUT2D eigenvalue weighted by molar-refractivity contribution is 7.93. The molecule has 0 fully saturated rings. The van der Waals surface area contributed by atoms with Gasteiger partial charge in [0.15, 0.2) is 9.84 Å². The maximum absolute atomic E-state index is 12.0. The lowest BCUT2D eigenvalue weighted by atomic mass is 10.1. The zero-order valence-corrected chi connectivity index (χ0v) is 13.4. The van der Waals surface area contributed by atoms with Gasteiger partial charge < -0.3 is 4.84 Å². The molecule has 22 heavy (non-hydrogen) atoms. The summed E-state index contributed by atoms with van der Waals surface area (Å²) in [5.74, 6) is -0.567. The van der Waals surface area contributed by atoms with Gasteiger partial charge in [-0.1, -0.05) is 22.9 Å². The van der Waals surface area contributed by atoms with Crippen molar-refractivity contribution < 1.29 is 18.0 Å². The Balaban J connectivity index is 1.84. The van der Waals surface area contributed by atoms with Gasteiger partial charge in [0, 0.05) is 12.0 Å². The predicted molar refractivity (Wildman–Crippen MR) is 84.1 cm³/mol. The molecule has 0 amide bonds. The number of hydrogen-bond acceptors (Lipinski definition) is 6. The van der Waals surface area contributed by atoms with Crippen molar-refractivity contribution >= 4 is 32.9 Å². The molecule has 0 spiro atoms. The minimum atomic E-state index is -3.23. The SMILES string of the molecule is Cc1cccc(C(=O)O/N=C2/CCS(=O)(=O)c3sccc32)c1. The van der Waals surface area contributed by atoms with Crippen LogP contribution in [0.15, 0.2) is 45.1 Å². The third-order valence-corrected chi connectivity index (χ3v) is 6.61. The average Bonchev–Trinajstić information content (AvgIpc) is 2.97. The average molecular weight is 335 g/mol. The molecule has 0 bridgehead atoms. The van der Waals surface area contributed by atoms with Crippen LogP contribution in [-0.4, -0.2) is 25.9 Å². The summed E-state index contributed by atoms with van der Waals surface area (Å²) in [6, 6.07) is 8.70. The van der Waals surface area contributed by atoms with Gasteiger partial charge in [-0.2, -0.15) is 0 Å². The zero-order chi connectivity index (χ0) is 15.7. The van der Waals surface area contributed by atoms with E-state index in [-0.39, 0.29) is 12.2 Å². The number of benzene rings is 1. The first-order chi connectivity index (χ1) is 10.5. The largest absolute Gasteiger partial charge is 0.365 e. The first-order valence-corrected chi connectivity index (χ1v) is 9.16. The third-order valence-electron chi connectivity index (χ3n) is 3.32. The summed E-state index contributed by atoms with van der Waals surface area (Å²) in [7, 11) is -3.23. The standard InChI is InChI=1S/C15H13NO4S2/c1-10-3-2-4-11(9-10)14(17)20-16-13-6-8-22(18,19)15-12(13)5-7-21-15/h2-5,7,9H,6,8H2,1H3/b16-13-. The number of nitrogens with zero attached hydrogens (tertiary/aromatic N) is 1. The van der Waals surface area contributed by atoms with Gasteiger partial charge in [0.25, 0.3) is 0 Å². The lowest BCUT2D eigenvalue weighted by Crippen LogP contribution is -2.20. The monoisotopic (exact) mass is 335 g/mol. The molecular formula is C15H13NO4S2. The van der Waals surface area contributed by atoms with Crippen molar-refractivity contribution in [2.75, 3.05) is 5.75 Å². The van der Waals surface area contributed by atoms with Crippen LogP contribution in [0.5, 0.6) is 0 Å². The molecule has 1 aliphatic heterocycles. The third kappa shape index (κ3) is 2.82. The van der Waals surface area contributed by atoms with Crippen LogP contribution in [0.25, 0.3) is 0 Å². The van der Waals surface area contributed by atoms with E-state index < -0.39 is 15.8 Å².